The van der Waals surface area contributed by atoms with Crippen molar-refractivity contribution in [3.63, 3.8) is 0 Å². The smallest absolute Gasteiger partial charge is 0.205 e. The number of aromatic nitrogens is 4. The lowest BCUT2D eigenvalue weighted by Crippen LogP contribution is -2.34. The van der Waals surface area contributed by atoms with Gasteiger partial charge >= 0.3 is 0 Å². The molecular formula is C17H27N5OS. The van der Waals surface area contributed by atoms with Crippen LogP contribution in [0, 0.1) is 12.8 Å². The Kier molecular flexibility index (Phi) is 5.84. The van der Waals surface area contributed by atoms with Crippen LogP contribution in [0.2, 0.25) is 0 Å². The first-order chi connectivity index (χ1) is 11.7. The summed E-state index contributed by atoms with van der Waals surface area (Å²) in [6.07, 6.45) is 6.46. The fourth-order valence-corrected chi connectivity index (χ4v) is 3.88. The molecule has 7 heteroatoms. The third-order valence-electron chi connectivity index (χ3n) is 4.36. The van der Waals surface area contributed by atoms with Crippen molar-refractivity contribution in [2.75, 3.05) is 24.7 Å². The van der Waals surface area contributed by atoms with Gasteiger partial charge in [-0.3, -0.25) is 0 Å². The van der Waals surface area contributed by atoms with Crippen LogP contribution >= 0.6 is 11.5 Å². The van der Waals surface area contributed by atoms with Crippen molar-refractivity contribution >= 4 is 16.7 Å². The zero-order valence-corrected chi connectivity index (χ0v) is 15.7. The summed E-state index contributed by atoms with van der Waals surface area (Å²) in [5, 5.41) is 1.00. The highest BCUT2D eigenvalue weighted by atomic mass is 32.1. The van der Waals surface area contributed by atoms with E-state index in [0.717, 1.165) is 68.0 Å². The lowest BCUT2D eigenvalue weighted by molar-refractivity contribution is 0.0571. The lowest BCUT2D eigenvalue weighted by atomic mass is 10.0. The number of imidazole rings is 1. The standard InChI is InChI=1S/C17H27N5OS/c1-4-6-15-19-17(24-20-15)22(10-14-7-5-8-23-12-14)11-16-18-13(2)9-21(16)3/h9,14H,4-8,10-12H2,1-3H3. The Bertz CT molecular complexity index is 647. The van der Waals surface area contributed by atoms with E-state index in [1.807, 2.05) is 6.92 Å². The van der Waals surface area contributed by atoms with E-state index in [1.165, 1.54) is 18.0 Å². The molecule has 0 aliphatic carbocycles. The first-order valence-electron chi connectivity index (χ1n) is 8.79. The third kappa shape index (κ3) is 4.33. The van der Waals surface area contributed by atoms with Crippen LogP contribution in [0.25, 0.3) is 0 Å². The summed E-state index contributed by atoms with van der Waals surface area (Å²) in [6.45, 7) is 7.65. The van der Waals surface area contributed by atoms with Gasteiger partial charge in [0.1, 0.15) is 11.6 Å². The molecule has 132 valence electrons. The average molecular weight is 350 g/mol. The minimum atomic E-state index is 0.554. The molecule has 6 nitrogen and oxygen atoms in total. The summed E-state index contributed by atoms with van der Waals surface area (Å²) in [4.78, 5) is 11.7. The van der Waals surface area contributed by atoms with E-state index in [9.17, 15) is 0 Å². The molecule has 0 spiro atoms. The van der Waals surface area contributed by atoms with Gasteiger partial charge in [0.2, 0.25) is 5.13 Å². The molecule has 0 saturated carbocycles. The third-order valence-corrected chi connectivity index (χ3v) is 5.17. The van der Waals surface area contributed by atoms with Crippen molar-refractivity contribution in [3.05, 3.63) is 23.5 Å². The Morgan fingerprint density at radius 2 is 2.29 bits per heavy atom. The second-order valence-electron chi connectivity index (χ2n) is 6.62. The molecule has 1 saturated heterocycles. The number of rotatable bonds is 7. The normalized spacial score (nSPS) is 18.0. The van der Waals surface area contributed by atoms with Gasteiger partial charge < -0.3 is 14.2 Å². The van der Waals surface area contributed by atoms with Crippen LogP contribution in [0.4, 0.5) is 5.13 Å². The number of nitrogens with zero attached hydrogens (tertiary/aromatic N) is 5. The van der Waals surface area contributed by atoms with Crippen molar-refractivity contribution < 1.29 is 4.74 Å². The molecule has 24 heavy (non-hydrogen) atoms. The molecule has 2 aromatic heterocycles. The largest absolute Gasteiger partial charge is 0.381 e. The minimum absolute atomic E-state index is 0.554. The molecule has 1 unspecified atom stereocenters. The van der Waals surface area contributed by atoms with Crippen molar-refractivity contribution in [1.29, 1.82) is 0 Å². The van der Waals surface area contributed by atoms with Gasteiger partial charge in [-0.25, -0.2) is 9.97 Å². The van der Waals surface area contributed by atoms with Crippen LogP contribution in [0.15, 0.2) is 6.20 Å². The van der Waals surface area contributed by atoms with E-state index in [2.05, 4.69) is 39.0 Å². The minimum Gasteiger partial charge on any atom is -0.381 e. The Balaban J connectivity index is 1.77. The van der Waals surface area contributed by atoms with Gasteiger partial charge in [-0.15, -0.1) is 0 Å². The van der Waals surface area contributed by atoms with Crippen molar-refractivity contribution in [2.24, 2.45) is 13.0 Å². The SMILES string of the molecule is CCCc1nsc(N(Cc2nc(C)cn2C)CC2CCCOC2)n1. The zero-order valence-electron chi connectivity index (χ0n) is 14.9. The Labute approximate surface area is 148 Å². The monoisotopic (exact) mass is 349 g/mol. The van der Waals surface area contributed by atoms with E-state index in [0.29, 0.717) is 5.92 Å². The molecule has 1 aliphatic heterocycles. The second-order valence-corrected chi connectivity index (χ2v) is 7.35. The molecule has 2 aromatic rings. The van der Waals surface area contributed by atoms with Gasteiger partial charge in [-0.1, -0.05) is 6.92 Å². The Morgan fingerprint density at radius 1 is 1.42 bits per heavy atom. The maximum absolute atomic E-state index is 5.66. The predicted octanol–water partition coefficient (Wildman–Crippen LogP) is 2.97. The van der Waals surface area contributed by atoms with E-state index < -0.39 is 0 Å². The molecule has 3 heterocycles. The summed E-state index contributed by atoms with van der Waals surface area (Å²) in [6, 6.07) is 0. The molecule has 1 aliphatic rings. The summed E-state index contributed by atoms with van der Waals surface area (Å²) in [5.41, 5.74) is 1.05. The molecule has 0 amide bonds. The summed E-state index contributed by atoms with van der Waals surface area (Å²) < 4.78 is 12.3. The second kappa shape index (κ2) is 8.07. The highest BCUT2D eigenvalue weighted by Crippen LogP contribution is 2.24. The topological polar surface area (TPSA) is 56.1 Å². The summed E-state index contributed by atoms with van der Waals surface area (Å²) in [5.74, 6) is 2.58. The molecule has 0 aromatic carbocycles. The Morgan fingerprint density at radius 3 is 2.96 bits per heavy atom. The van der Waals surface area contributed by atoms with Gasteiger partial charge in [0.05, 0.1) is 18.8 Å². The first kappa shape index (κ1) is 17.4. The van der Waals surface area contributed by atoms with E-state index in [4.69, 9.17) is 9.72 Å². The quantitative estimate of drug-likeness (QED) is 0.769. The zero-order chi connectivity index (χ0) is 16.9. The van der Waals surface area contributed by atoms with Crippen LogP contribution in [0.5, 0.6) is 0 Å². The van der Waals surface area contributed by atoms with E-state index in [-0.39, 0.29) is 0 Å². The highest BCUT2D eigenvalue weighted by Gasteiger charge is 2.22. The van der Waals surface area contributed by atoms with Crippen LogP contribution in [-0.4, -0.2) is 38.7 Å². The number of aryl methyl sites for hydroxylation is 3. The van der Waals surface area contributed by atoms with Crippen LogP contribution in [0.3, 0.4) is 0 Å². The van der Waals surface area contributed by atoms with Gasteiger partial charge in [0.15, 0.2) is 0 Å². The lowest BCUT2D eigenvalue weighted by Gasteiger charge is -2.29. The first-order valence-corrected chi connectivity index (χ1v) is 9.57. The maximum Gasteiger partial charge on any atom is 0.205 e. The Hall–Kier alpha value is -1.47. The van der Waals surface area contributed by atoms with Crippen LogP contribution in [-0.2, 0) is 24.8 Å². The number of ether oxygens (including phenoxy) is 1. The number of hydrogen-bond donors (Lipinski definition) is 0. The van der Waals surface area contributed by atoms with Gasteiger partial charge in [0, 0.05) is 44.3 Å². The fourth-order valence-electron chi connectivity index (χ4n) is 3.16. The summed E-state index contributed by atoms with van der Waals surface area (Å²) in [7, 11) is 2.06. The van der Waals surface area contributed by atoms with Crippen molar-refractivity contribution in [1.82, 2.24) is 18.9 Å². The molecule has 0 radical (unpaired) electrons. The highest BCUT2D eigenvalue weighted by molar-refractivity contribution is 7.09. The van der Waals surface area contributed by atoms with Crippen molar-refractivity contribution in [3.8, 4) is 0 Å². The predicted molar refractivity (Wildman–Crippen MR) is 96.4 cm³/mol. The van der Waals surface area contributed by atoms with Gasteiger partial charge in [-0.2, -0.15) is 4.37 Å². The number of hydrogen-bond acceptors (Lipinski definition) is 6. The van der Waals surface area contributed by atoms with Crippen molar-refractivity contribution in [2.45, 2.75) is 46.1 Å². The van der Waals surface area contributed by atoms with Crippen LogP contribution in [0.1, 0.15) is 43.5 Å². The average Bonchev–Trinajstić information content (AvgIpc) is 3.15. The van der Waals surface area contributed by atoms with Gasteiger partial charge in [0.25, 0.3) is 0 Å². The van der Waals surface area contributed by atoms with E-state index in [1.54, 1.807) is 0 Å². The molecule has 1 fully saturated rings. The molecule has 3 rings (SSSR count). The summed E-state index contributed by atoms with van der Waals surface area (Å²) >= 11 is 1.51. The van der Waals surface area contributed by atoms with Gasteiger partial charge in [-0.05, 0) is 32.1 Å². The van der Waals surface area contributed by atoms with Crippen LogP contribution < -0.4 is 4.90 Å². The maximum atomic E-state index is 5.66. The molecular weight excluding hydrogens is 322 g/mol. The number of anilines is 1. The molecule has 0 bridgehead atoms. The molecule has 1 atom stereocenters. The van der Waals surface area contributed by atoms with E-state index >= 15 is 0 Å². The fraction of sp³-hybridized carbons (Fsp3) is 0.706. The molecule has 0 N–H and O–H groups in total.